The Morgan fingerprint density at radius 1 is 1.41 bits per heavy atom. The summed E-state index contributed by atoms with van der Waals surface area (Å²) in [6, 6.07) is 7.46. The van der Waals surface area contributed by atoms with Crippen LogP contribution in [0.4, 0.5) is 0 Å². The van der Waals surface area contributed by atoms with E-state index in [9.17, 15) is 4.79 Å². The summed E-state index contributed by atoms with van der Waals surface area (Å²) in [5.74, 6) is 0.575. The quantitative estimate of drug-likeness (QED) is 0.834. The van der Waals surface area contributed by atoms with Crippen molar-refractivity contribution in [2.75, 3.05) is 7.11 Å². The molecular formula is C13H20N2O2. The normalized spacial score (nSPS) is 13.0. The molecule has 94 valence electrons. The molecule has 4 nitrogen and oxygen atoms in total. The zero-order valence-electron chi connectivity index (χ0n) is 10.8. The highest BCUT2D eigenvalue weighted by atomic mass is 16.5. The number of rotatable bonds is 4. The molecular weight excluding hydrogens is 216 g/mol. The van der Waals surface area contributed by atoms with Crippen molar-refractivity contribution in [3.8, 4) is 5.75 Å². The van der Waals surface area contributed by atoms with Gasteiger partial charge in [-0.15, -0.1) is 0 Å². The Morgan fingerprint density at radius 2 is 2.00 bits per heavy atom. The van der Waals surface area contributed by atoms with E-state index in [1.165, 1.54) is 0 Å². The van der Waals surface area contributed by atoms with Gasteiger partial charge in [-0.3, -0.25) is 4.79 Å². The second-order valence-electron chi connectivity index (χ2n) is 4.66. The summed E-state index contributed by atoms with van der Waals surface area (Å²) >= 11 is 0. The summed E-state index contributed by atoms with van der Waals surface area (Å²) in [6.45, 7) is 5.26. The predicted molar refractivity (Wildman–Crippen MR) is 67.8 cm³/mol. The fourth-order valence-electron chi connectivity index (χ4n) is 1.48. The number of carbonyl (C=O) groups excluding carboxylic acids is 1. The van der Waals surface area contributed by atoms with Gasteiger partial charge in [0.15, 0.2) is 0 Å². The van der Waals surface area contributed by atoms with Gasteiger partial charge in [0.25, 0.3) is 0 Å². The molecule has 1 aromatic carbocycles. The van der Waals surface area contributed by atoms with E-state index in [4.69, 9.17) is 10.5 Å². The Hall–Kier alpha value is -1.55. The Bertz CT molecular complexity index is 397. The van der Waals surface area contributed by atoms with Crippen LogP contribution >= 0.6 is 0 Å². The molecule has 0 saturated heterocycles. The van der Waals surface area contributed by atoms with Crippen molar-refractivity contribution >= 4 is 5.91 Å². The predicted octanol–water partition coefficient (Wildman–Crippen LogP) is 1.61. The molecule has 4 heteroatoms. The number of hydrogen-bond acceptors (Lipinski definition) is 3. The van der Waals surface area contributed by atoms with Crippen molar-refractivity contribution in [3.05, 3.63) is 29.8 Å². The van der Waals surface area contributed by atoms with E-state index in [0.29, 0.717) is 0 Å². The molecule has 1 aromatic rings. The largest absolute Gasteiger partial charge is 0.496 e. The molecule has 0 aromatic heterocycles. The molecule has 0 heterocycles. The Labute approximate surface area is 102 Å². The number of amides is 1. The maximum Gasteiger partial charge on any atom is 0.239 e. The molecule has 1 unspecified atom stereocenters. The van der Waals surface area contributed by atoms with Gasteiger partial charge in [-0.1, -0.05) is 18.2 Å². The topological polar surface area (TPSA) is 64.3 Å². The number of benzene rings is 1. The van der Waals surface area contributed by atoms with Crippen LogP contribution < -0.4 is 15.8 Å². The van der Waals surface area contributed by atoms with E-state index >= 15 is 0 Å². The highest BCUT2D eigenvalue weighted by molar-refractivity contribution is 5.85. The number of methoxy groups -OCH3 is 1. The summed E-state index contributed by atoms with van der Waals surface area (Å²) in [5, 5.41) is 2.87. The van der Waals surface area contributed by atoms with E-state index in [0.717, 1.165) is 11.3 Å². The maximum absolute atomic E-state index is 11.8. The molecule has 1 amide bonds. The lowest BCUT2D eigenvalue weighted by Crippen LogP contribution is -2.49. The fourth-order valence-corrected chi connectivity index (χ4v) is 1.48. The van der Waals surface area contributed by atoms with E-state index in [2.05, 4.69) is 5.32 Å². The average Bonchev–Trinajstić information content (AvgIpc) is 2.27. The van der Waals surface area contributed by atoms with Crippen molar-refractivity contribution in [2.45, 2.75) is 32.4 Å². The SMILES string of the molecule is COc1ccccc1C(C)NC(=O)C(C)(C)N. The van der Waals surface area contributed by atoms with E-state index in [-0.39, 0.29) is 11.9 Å². The average molecular weight is 236 g/mol. The third kappa shape index (κ3) is 3.46. The highest BCUT2D eigenvalue weighted by Gasteiger charge is 2.24. The zero-order valence-corrected chi connectivity index (χ0v) is 10.8. The van der Waals surface area contributed by atoms with Crippen LogP contribution in [0.1, 0.15) is 32.4 Å². The van der Waals surface area contributed by atoms with Gasteiger partial charge in [-0.2, -0.15) is 0 Å². The maximum atomic E-state index is 11.8. The molecule has 0 spiro atoms. The van der Waals surface area contributed by atoms with Crippen molar-refractivity contribution in [1.82, 2.24) is 5.32 Å². The van der Waals surface area contributed by atoms with E-state index < -0.39 is 5.54 Å². The van der Waals surface area contributed by atoms with Crippen LogP contribution in [-0.2, 0) is 4.79 Å². The van der Waals surface area contributed by atoms with Crippen LogP contribution in [0, 0.1) is 0 Å². The number of nitrogens with two attached hydrogens (primary N) is 1. The van der Waals surface area contributed by atoms with Crippen LogP contribution in [-0.4, -0.2) is 18.6 Å². The molecule has 0 radical (unpaired) electrons. The van der Waals surface area contributed by atoms with Gasteiger partial charge in [0.2, 0.25) is 5.91 Å². The summed E-state index contributed by atoms with van der Waals surface area (Å²) in [5.41, 5.74) is 5.79. The minimum absolute atomic E-state index is 0.138. The lowest BCUT2D eigenvalue weighted by Gasteiger charge is -2.23. The summed E-state index contributed by atoms with van der Waals surface area (Å²) in [6.07, 6.45) is 0. The molecule has 3 N–H and O–H groups in total. The summed E-state index contributed by atoms with van der Waals surface area (Å²) < 4.78 is 5.25. The third-order valence-electron chi connectivity index (χ3n) is 2.54. The molecule has 0 fully saturated rings. The number of nitrogens with one attached hydrogen (secondary N) is 1. The highest BCUT2D eigenvalue weighted by Crippen LogP contribution is 2.24. The van der Waals surface area contributed by atoms with Gasteiger partial charge < -0.3 is 15.8 Å². The summed E-state index contributed by atoms with van der Waals surface area (Å²) in [7, 11) is 1.61. The molecule has 17 heavy (non-hydrogen) atoms. The van der Waals surface area contributed by atoms with Crippen molar-refractivity contribution in [1.29, 1.82) is 0 Å². The van der Waals surface area contributed by atoms with Crippen LogP contribution in [0.3, 0.4) is 0 Å². The molecule has 0 aliphatic carbocycles. The summed E-state index contributed by atoms with van der Waals surface area (Å²) in [4.78, 5) is 11.8. The van der Waals surface area contributed by atoms with Gasteiger partial charge in [-0.05, 0) is 26.8 Å². The van der Waals surface area contributed by atoms with Crippen molar-refractivity contribution in [2.24, 2.45) is 5.73 Å². The minimum atomic E-state index is -0.879. The monoisotopic (exact) mass is 236 g/mol. The van der Waals surface area contributed by atoms with Crippen molar-refractivity contribution < 1.29 is 9.53 Å². The van der Waals surface area contributed by atoms with E-state index in [1.54, 1.807) is 21.0 Å². The zero-order chi connectivity index (χ0) is 13.1. The second-order valence-corrected chi connectivity index (χ2v) is 4.66. The number of ether oxygens (including phenoxy) is 1. The van der Waals surface area contributed by atoms with Crippen LogP contribution in [0.5, 0.6) is 5.75 Å². The Kier molecular flexibility index (Phi) is 4.12. The van der Waals surface area contributed by atoms with E-state index in [1.807, 2.05) is 31.2 Å². The van der Waals surface area contributed by atoms with Gasteiger partial charge in [0, 0.05) is 5.56 Å². The number of hydrogen-bond donors (Lipinski definition) is 2. The number of para-hydroxylation sites is 1. The standard InChI is InChI=1S/C13H20N2O2/c1-9(15-12(16)13(2,3)14)10-7-5-6-8-11(10)17-4/h5-9H,14H2,1-4H3,(H,15,16). The van der Waals surface area contributed by atoms with Crippen LogP contribution in [0.25, 0.3) is 0 Å². The molecule has 0 aliphatic heterocycles. The van der Waals surface area contributed by atoms with Gasteiger partial charge in [-0.25, -0.2) is 0 Å². The number of carbonyl (C=O) groups is 1. The molecule has 0 aliphatic rings. The van der Waals surface area contributed by atoms with Crippen LogP contribution in [0.15, 0.2) is 24.3 Å². The first kappa shape index (κ1) is 13.5. The smallest absolute Gasteiger partial charge is 0.239 e. The molecule has 0 saturated carbocycles. The fraction of sp³-hybridized carbons (Fsp3) is 0.462. The third-order valence-corrected chi connectivity index (χ3v) is 2.54. The minimum Gasteiger partial charge on any atom is -0.496 e. The molecule has 1 atom stereocenters. The first-order valence-electron chi connectivity index (χ1n) is 5.59. The van der Waals surface area contributed by atoms with Gasteiger partial charge in [0.05, 0.1) is 18.7 Å². The van der Waals surface area contributed by atoms with Crippen LogP contribution in [0.2, 0.25) is 0 Å². The second kappa shape index (κ2) is 5.19. The lowest BCUT2D eigenvalue weighted by atomic mass is 10.0. The molecule has 0 bridgehead atoms. The first-order valence-corrected chi connectivity index (χ1v) is 5.59. The Morgan fingerprint density at radius 3 is 2.53 bits per heavy atom. The van der Waals surface area contributed by atoms with Gasteiger partial charge in [0.1, 0.15) is 5.75 Å². The van der Waals surface area contributed by atoms with Gasteiger partial charge >= 0.3 is 0 Å². The van der Waals surface area contributed by atoms with Crippen molar-refractivity contribution in [3.63, 3.8) is 0 Å². The first-order chi connectivity index (χ1) is 7.86. The lowest BCUT2D eigenvalue weighted by molar-refractivity contribution is -0.125. The molecule has 1 rings (SSSR count). The Balaban J connectivity index is 2.83.